The van der Waals surface area contributed by atoms with Gasteiger partial charge in [-0.1, -0.05) is 140 Å². The summed E-state index contributed by atoms with van der Waals surface area (Å²) in [5, 5.41) is 13.5. The minimum Gasteiger partial charge on any atom is -0.309 e. The van der Waals surface area contributed by atoms with Crippen molar-refractivity contribution in [3.63, 3.8) is 0 Å². The Morgan fingerprint density at radius 3 is 1.08 bits per heavy atom. The molecule has 0 bridgehead atoms. The first-order chi connectivity index (χ1) is 35.0. The smallest absolute Gasteiger partial charge is 0.309 e. The molecular formula is C66H46F3N3. The molecule has 0 spiro atoms. The predicted molar refractivity (Wildman–Crippen MR) is 291 cm³/mol. The number of nitriles is 1. The van der Waals surface area contributed by atoms with Crippen LogP contribution in [-0.2, 0) is 6.18 Å². The van der Waals surface area contributed by atoms with Crippen molar-refractivity contribution in [3.8, 4) is 73.1 Å². The standard InChI is InChI=1S/C66H46F3N3/c1-40-14-5-9-20-50(40)46-24-29-59-55(35-46)56-36-47(51-21-10-6-15-41(51)2)25-30-60(56)71(59)63-33-28-54(45-19-13-18-44(34-45)39-70)65(64(63)66(67,68)69)72-61-31-26-48(52-22-11-7-16-42(52)3)37-57(61)58-38-49(27-32-62(58)72)53-23-12-8-17-43(53)4/h5-38H,1-4H3. The molecule has 0 radical (unpaired) electrons. The van der Waals surface area contributed by atoms with Crippen LogP contribution < -0.4 is 0 Å². The molecule has 0 amide bonds. The molecule has 0 N–H and O–H groups in total. The second-order valence-electron chi connectivity index (χ2n) is 18.9. The molecule has 72 heavy (non-hydrogen) atoms. The molecule has 12 aromatic rings. The number of aromatic nitrogens is 2. The van der Waals surface area contributed by atoms with Crippen molar-refractivity contribution in [2.45, 2.75) is 33.9 Å². The van der Waals surface area contributed by atoms with Crippen LogP contribution >= 0.6 is 0 Å². The molecular weight excluding hydrogens is 892 g/mol. The molecule has 2 aromatic heterocycles. The van der Waals surface area contributed by atoms with Crippen LogP contribution in [0.25, 0.3) is 111 Å². The van der Waals surface area contributed by atoms with Crippen LogP contribution in [0.1, 0.15) is 33.4 Å². The lowest BCUT2D eigenvalue weighted by Crippen LogP contribution is -2.17. The van der Waals surface area contributed by atoms with Crippen molar-refractivity contribution < 1.29 is 13.2 Å². The van der Waals surface area contributed by atoms with Gasteiger partial charge in [-0.05, 0) is 167 Å². The number of alkyl halides is 3. The lowest BCUT2D eigenvalue weighted by atomic mass is 9.96. The van der Waals surface area contributed by atoms with E-state index in [9.17, 15) is 5.26 Å². The lowest BCUT2D eigenvalue weighted by Gasteiger charge is -2.24. The third kappa shape index (κ3) is 7.28. The average Bonchev–Trinajstić information content (AvgIpc) is 3.89. The number of nitrogens with zero attached hydrogens (tertiary/aromatic N) is 3. The fourth-order valence-electron chi connectivity index (χ4n) is 11.1. The van der Waals surface area contributed by atoms with Gasteiger partial charge in [-0.3, -0.25) is 0 Å². The Kier molecular flexibility index (Phi) is 10.6. The summed E-state index contributed by atoms with van der Waals surface area (Å²) in [6.07, 6.45) is -4.89. The lowest BCUT2D eigenvalue weighted by molar-refractivity contribution is -0.137. The van der Waals surface area contributed by atoms with E-state index in [1.807, 2.05) is 102 Å². The highest BCUT2D eigenvalue weighted by molar-refractivity contribution is 6.14. The van der Waals surface area contributed by atoms with Crippen LogP contribution in [-0.4, -0.2) is 9.13 Å². The van der Waals surface area contributed by atoms with Crippen molar-refractivity contribution in [1.29, 1.82) is 5.26 Å². The van der Waals surface area contributed by atoms with Crippen LogP contribution in [0.2, 0.25) is 0 Å². The summed E-state index contributed by atoms with van der Waals surface area (Å²) in [4.78, 5) is 0. The fourth-order valence-corrected chi connectivity index (χ4v) is 11.1. The average molecular weight is 938 g/mol. The van der Waals surface area contributed by atoms with Crippen LogP contribution in [0.4, 0.5) is 13.2 Å². The van der Waals surface area contributed by atoms with Crippen LogP contribution in [0.15, 0.2) is 206 Å². The number of hydrogen-bond donors (Lipinski definition) is 0. The van der Waals surface area contributed by atoms with Gasteiger partial charge in [0, 0.05) is 27.1 Å². The van der Waals surface area contributed by atoms with Gasteiger partial charge >= 0.3 is 6.18 Å². The SMILES string of the molecule is Cc1ccccc1-c1ccc2c(c1)c1cc(-c3ccccc3C)ccc1n2-c1ccc(-c2cccc(C#N)c2)c(-n2c3ccc(-c4ccccc4C)cc3c3cc(-c4ccccc4C)ccc32)c1C(F)(F)F. The fraction of sp³-hybridized carbons (Fsp3) is 0.0758. The summed E-state index contributed by atoms with van der Waals surface area (Å²) in [6.45, 7) is 8.30. The second kappa shape index (κ2) is 17.2. The zero-order valence-electron chi connectivity index (χ0n) is 40.1. The molecule has 0 aliphatic rings. The molecule has 0 aliphatic heterocycles. The Morgan fingerprint density at radius 1 is 0.361 bits per heavy atom. The molecule has 6 heteroatoms. The molecule has 10 aromatic carbocycles. The zero-order chi connectivity index (χ0) is 49.4. The number of fused-ring (bicyclic) bond motifs is 6. The van der Waals surface area contributed by atoms with E-state index in [1.54, 1.807) is 41.0 Å². The Bertz CT molecular complexity index is 4010. The number of hydrogen-bond acceptors (Lipinski definition) is 1. The maximum absolute atomic E-state index is 17.2. The van der Waals surface area contributed by atoms with Gasteiger partial charge in [0.15, 0.2) is 0 Å². The van der Waals surface area contributed by atoms with Gasteiger partial charge in [0.05, 0.1) is 45.1 Å². The summed E-state index contributed by atoms with van der Waals surface area (Å²) in [5.74, 6) is 0. The van der Waals surface area contributed by atoms with Gasteiger partial charge in [0.25, 0.3) is 0 Å². The molecule has 0 saturated heterocycles. The first kappa shape index (κ1) is 44.3. The highest BCUT2D eigenvalue weighted by Crippen LogP contribution is 2.49. The summed E-state index contributed by atoms with van der Waals surface area (Å²) in [7, 11) is 0. The molecule has 3 nitrogen and oxygen atoms in total. The van der Waals surface area contributed by atoms with E-state index in [0.717, 1.165) is 88.3 Å². The summed E-state index contributed by atoms with van der Waals surface area (Å²) in [5.41, 5.74) is 15.4. The van der Waals surface area contributed by atoms with E-state index in [4.69, 9.17) is 0 Å². The number of halogens is 3. The molecule has 0 saturated carbocycles. The van der Waals surface area contributed by atoms with Gasteiger partial charge in [-0.25, -0.2) is 0 Å². The van der Waals surface area contributed by atoms with Gasteiger partial charge in [0.2, 0.25) is 0 Å². The highest BCUT2D eigenvalue weighted by atomic mass is 19.4. The van der Waals surface area contributed by atoms with Gasteiger partial charge in [-0.2, -0.15) is 18.4 Å². The van der Waals surface area contributed by atoms with Crippen molar-refractivity contribution in [1.82, 2.24) is 9.13 Å². The van der Waals surface area contributed by atoms with Crippen molar-refractivity contribution in [2.75, 3.05) is 0 Å². The Hall–Kier alpha value is -8.92. The van der Waals surface area contributed by atoms with E-state index < -0.39 is 11.7 Å². The number of rotatable bonds is 7. The normalized spacial score (nSPS) is 11.8. The van der Waals surface area contributed by atoms with Gasteiger partial charge in [0.1, 0.15) is 5.56 Å². The maximum Gasteiger partial charge on any atom is 0.420 e. The third-order valence-corrected chi connectivity index (χ3v) is 14.6. The summed E-state index contributed by atoms with van der Waals surface area (Å²) >= 11 is 0. The van der Waals surface area contributed by atoms with E-state index in [0.29, 0.717) is 38.8 Å². The van der Waals surface area contributed by atoms with Crippen molar-refractivity contribution in [2.24, 2.45) is 0 Å². The summed E-state index contributed by atoms with van der Waals surface area (Å²) in [6, 6.07) is 69.7. The molecule has 2 heterocycles. The topological polar surface area (TPSA) is 33.6 Å². The monoisotopic (exact) mass is 937 g/mol. The predicted octanol–water partition coefficient (Wildman–Crippen LogP) is 18.3. The molecule has 0 aliphatic carbocycles. The molecule has 346 valence electrons. The number of benzene rings is 10. The maximum atomic E-state index is 17.2. The third-order valence-electron chi connectivity index (χ3n) is 14.6. The van der Waals surface area contributed by atoms with E-state index in [-0.39, 0.29) is 11.4 Å². The van der Waals surface area contributed by atoms with E-state index in [1.165, 1.54) is 0 Å². The van der Waals surface area contributed by atoms with E-state index in [2.05, 4.69) is 107 Å². The van der Waals surface area contributed by atoms with Crippen LogP contribution in [0, 0.1) is 39.0 Å². The quantitative estimate of drug-likeness (QED) is 0.157. The largest absolute Gasteiger partial charge is 0.420 e. The Labute approximate surface area is 415 Å². The zero-order valence-corrected chi connectivity index (χ0v) is 40.1. The van der Waals surface area contributed by atoms with Crippen molar-refractivity contribution in [3.05, 3.63) is 240 Å². The summed E-state index contributed by atoms with van der Waals surface area (Å²) < 4.78 is 55.1. The molecule has 12 rings (SSSR count). The van der Waals surface area contributed by atoms with E-state index >= 15 is 13.2 Å². The first-order valence-corrected chi connectivity index (χ1v) is 24.1. The molecule has 0 atom stereocenters. The molecule has 0 fully saturated rings. The van der Waals surface area contributed by atoms with Gasteiger partial charge < -0.3 is 9.13 Å². The molecule has 0 unspecified atom stereocenters. The second-order valence-corrected chi connectivity index (χ2v) is 18.9. The highest BCUT2D eigenvalue weighted by Gasteiger charge is 2.40. The minimum atomic E-state index is -4.89. The van der Waals surface area contributed by atoms with Crippen molar-refractivity contribution >= 4 is 43.6 Å². The number of aryl methyl sites for hydroxylation is 4. The van der Waals surface area contributed by atoms with Gasteiger partial charge in [-0.15, -0.1) is 0 Å². The van der Waals surface area contributed by atoms with Crippen LogP contribution in [0.5, 0.6) is 0 Å². The van der Waals surface area contributed by atoms with Crippen LogP contribution in [0.3, 0.4) is 0 Å². The minimum absolute atomic E-state index is 0.00645. The Morgan fingerprint density at radius 2 is 0.722 bits per heavy atom. The first-order valence-electron chi connectivity index (χ1n) is 24.1. The Balaban J connectivity index is 1.22.